The highest BCUT2D eigenvalue weighted by molar-refractivity contribution is 8.76. The van der Waals surface area contributed by atoms with Crippen molar-refractivity contribution in [3.63, 3.8) is 0 Å². The lowest BCUT2D eigenvalue weighted by Gasteiger charge is -2.23. The number of quaternary nitrogens is 1. The van der Waals surface area contributed by atoms with Crippen LogP contribution in [-0.4, -0.2) is 83.9 Å². The van der Waals surface area contributed by atoms with Crippen molar-refractivity contribution in [2.75, 3.05) is 39.2 Å². The Kier molecular flexibility index (Phi) is 12.2. The number of carbonyl (C=O) groups excluding carboxylic acids is 1. The molecule has 130 valence electrons. The summed E-state index contributed by atoms with van der Waals surface area (Å²) in [5.41, 5.74) is 10.4. The van der Waals surface area contributed by atoms with Gasteiger partial charge in [-0.15, -0.1) is 0 Å². The zero-order chi connectivity index (χ0) is 17.9. The maximum atomic E-state index is 10.3. The summed E-state index contributed by atoms with van der Waals surface area (Å²) in [7, 11) is 7.81. The normalized spacial score (nSPS) is 13.5. The standard InChI is InChI=1S/C6H12N2O4S2.C5H11NO2/c7-3(5(9)10)1-13-14-2-4(8)6(11)12;1-6(2,3)4-5(7)8/h3-4H,1-2,7-8H2,(H,9,10)(H,11,12);4H2,1-3H3. The maximum Gasteiger partial charge on any atom is 0.321 e. The highest BCUT2D eigenvalue weighted by Crippen LogP contribution is 2.22. The first-order valence-electron chi connectivity index (χ1n) is 6.08. The predicted molar refractivity (Wildman–Crippen MR) is 84.0 cm³/mol. The predicted octanol–water partition coefficient (Wildman–Crippen LogP) is -2.37. The van der Waals surface area contributed by atoms with Crippen molar-refractivity contribution in [2.24, 2.45) is 11.5 Å². The number of aliphatic carboxylic acids is 3. The van der Waals surface area contributed by atoms with Crippen LogP contribution >= 0.6 is 21.6 Å². The Morgan fingerprint density at radius 1 is 1.00 bits per heavy atom. The van der Waals surface area contributed by atoms with Crippen molar-refractivity contribution in [2.45, 2.75) is 12.1 Å². The first-order chi connectivity index (χ1) is 9.86. The van der Waals surface area contributed by atoms with Crippen molar-refractivity contribution in [3.05, 3.63) is 0 Å². The van der Waals surface area contributed by atoms with E-state index in [4.69, 9.17) is 21.7 Å². The lowest BCUT2D eigenvalue weighted by atomic mass is 10.4. The van der Waals surface area contributed by atoms with Gasteiger partial charge >= 0.3 is 11.9 Å². The van der Waals surface area contributed by atoms with E-state index in [0.717, 1.165) is 0 Å². The first kappa shape index (κ1) is 23.3. The molecule has 0 fully saturated rings. The van der Waals surface area contributed by atoms with E-state index < -0.39 is 30.0 Å². The Morgan fingerprint density at radius 2 is 1.32 bits per heavy atom. The van der Waals surface area contributed by atoms with Gasteiger partial charge in [0.05, 0.1) is 27.1 Å². The fourth-order valence-corrected chi connectivity index (χ4v) is 3.00. The van der Waals surface area contributed by atoms with Crippen LogP contribution in [0.1, 0.15) is 0 Å². The fourth-order valence-electron chi connectivity index (χ4n) is 0.773. The number of carboxylic acid groups (broad SMARTS) is 3. The third kappa shape index (κ3) is 17.0. The number of carbonyl (C=O) groups is 3. The van der Waals surface area contributed by atoms with Crippen LogP contribution in [0.2, 0.25) is 0 Å². The highest BCUT2D eigenvalue weighted by atomic mass is 33.1. The van der Waals surface area contributed by atoms with Gasteiger partial charge in [0.15, 0.2) is 0 Å². The van der Waals surface area contributed by atoms with E-state index in [2.05, 4.69) is 0 Å². The van der Waals surface area contributed by atoms with Crippen LogP contribution in [-0.2, 0) is 14.4 Å². The zero-order valence-electron chi connectivity index (χ0n) is 12.7. The summed E-state index contributed by atoms with van der Waals surface area (Å²) in [6.45, 7) is 0.0694. The molecule has 0 aliphatic rings. The molecule has 0 heterocycles. The molecule has 0 saturated carbocycles. The van der Waals surface area contributed by atoms with E-state index in [1.54, 1.807) is 21.1 Å². The number of likely N-dealkylation sites (N-methyl/N-ethyl adjacent to an activating group) is 1. The van der Waals surface area contributed by atoms with Crippen molar-refractivity contribution in [1.82, 2.24) is 0 Å². The van der Waals surface area contributed by atoms with E-state index in [1.807, 2.05) is 0 Å². The van der Waals surface area contributed by atoms with Gasteiger partial charge in [-0.2, -0.15) is 0 Å². The molecule has 2 atom stereocenters. The second-order valence-corrected chi connectivity index (χ2v) is 7.83. The Balaban J connectivity index is 0. The molecule has 0 amide bonds. The van der Waals surface area contributed by atoms with Gasteiger partial charge in [-0.1, -0.05) is 21.6 Å². The Hall–Kier alpha value is -1.01. The molecule has 0 aromatic heterocycles. The monoisotopic (exact) mass is 357 g/mol. The van der Waals surface area contributed by atoms with Gasteiger partial charge in [-0.25, -0.2) is 0 Å². The molecule has 22 heavy (non-hydrogen) atoms. The summed E-state index contributed by atoms with van der Waals surface area (Å²) in [6, 6.07) is -1.85. The SMILES string of the molecule is C[N+](C)(C)CC(=O)[O-].NC(CSSCC(N)C(=O)O)C(=O)O. The number of nitrogens with two attached hydrogens (primary N) is 2. The molecule has 0 radical (unpaired) electrons. The van der Waals surface area contributed by atoms with Crippen LogP contribution in [0.25, 0.3) is 0 Å². The third-order valence-electron chi connectivity index (χ3n) is 1.82. The van der Waals surface area contributed by atoms with Gasteiger partial charge in [0.1, 0.15) is 18.6 Å². The second-order valence-electron chi connectivity index (χ2n) is 5.28. The molecule has 0 spiro atoms. The lowest BCUT2D eigenvalue weighted by Crippen LogP contribution is -2.45. The van der Waals surface area contributed by atoms with E-state index >= 15 is 0 Å². The molecule has 0 aromatic carbocycles. The van der Waals surface area contributed by atoms with Crippen molar-refractivity contribution >= 4 is 39.5 Å². The molecule has 0 aliphatic heterocycles. The number of rotatable bonds is 9. The van der Waals surface area contributed by atoms with E-state index in [0.29, 0.717) is 4.48 Å². The van der Waals surface area contributed by atoms with E-state index in [-0.39, 0.29) is 18.1 Å². The number of hydrogen-bond donors (Lipinski definition) is 4. The van der Waals surface area contributed by atoms with Crippen molar-refractivity contribution < 1.29 is 34.2 Å². The molecule has 0 aliphatic carbocycles. The van der Waals surface area contributed by atoms with Crippen molar-refractivity contribution in [3.8, 4) is 0 Å². The first-order valence-corrected chi connectivity index (χ1v) is 8.57. The van der Waals surface area contributed by atoms with Gasteiger partial charge < -0.3 is 36.1 Å². The van der Waals surface area contributed by atoms with Gasteiger partial charge in [0.2, 0.25) is 0 Å². The minimum atomic E-state index is -1.07. The molecule has 0 bridgehead atoms. The topological polar surface area (TPSA) is 167 Å². The smallest absolute Gasteiger partial charge is 0.321 e. The van der Waals surface area contributed by atoms with Gasteiger partial charge in [-0.05, 0) is 0 Å². The molecular weight excluding hydrogens is 334 g/mol. The molecule has 0 saturated heterocycles. The average Bonchev–Trinajstić information content (AvgIpc) is 2.31. The summed E-state index contributed by atoms with van der Waals surface area (Å²) < 4.78 is 0.419. The molecular formula is C11H23N3O6S2. The average molecular weight is 357 g/mol. The Morgan fingerprint density at radius 3 is 1.45 bits per heavy atom. The fraction of sp³-hybridized carbons (Fsp3) is 0.727. The number of hydrogen-bond acceptors (Lipinski definition) is 8. The molecule has 11 heteroatoms. The van der Waals surface area contributed by atoms with Crippen LogP contribution in [0, 0.1) is 0 Å². The summed E-state index contributed by atoms with van der Waals surface area (Å²) in [4.78, 5) is 30.4. The molecule has 9 nitrogen and oxygen atoms in total. The highest BCUT2D eigenvalue weighted by Gasteiger charge is 2.14. The minimum absolute atomic E-state index is 0.0694. The van der Waals surface area contributed by atoms with Crippen molar-refractivity contribution in [1.29, 1.82) is 0 Å². The molecule has 2 unspecified atom stereocenters. The van der Waals surface area contributed by atoms with Crippen LogP contribution in [0.5, 0.6) is 0 Å². The number of carboxylic acids is 3. The third-order valence-corrected chi connectivity index (χ3v) is 4.29. The summed E-state index contributed by atoms with van der Waals surface area (Å²) in [5.74, 6) is -2.68. The zero-order valence-corrected chi connectivity index (χ0v) is 14.4. The Bertz CT molecular complexity index is 353. The van der Waals surface area contributed by atoms with Crippen LogP contribution in [0.4, 0.5) is 0 Å². The Labute approximate surface area is 137 Å². The summed E-state index contributed by atoms with van der Waals surface area (Å²) in [5, 5.41) is 26.7. The molecule has 0 aromatic rings. The summed E-state index contributed by atoms with van der Waals surface area (Å²) in [6.07, 6.45) is 0. The van der Waals surface area contributed by atoms with Crippen LogP contribution < -0.4 is 16.6 Å². The van der Waals surface area contributed by atoms with Gasteiger partial charge in [-0.3, -0.25) is 9.59 Å². The van der Waals surface area contributed by atoms with Gasteiger partial charge in [0, 0.05) is 11.5 Å². The van der Waals surface area contributed by atoms with Crippen LogP contribution in [0.15, 0.2) is 0 Å². The second kappa shape index (κ2) is 11.5. The molecule has 6 N–H and O–H groups in total. The number of nitrogens with zero attached hydrogens (tertiary/aromatic N) is 1. The maximum absolute atomic E-state index is 10.3. The van der Waals surface area contributed by atoms with E-state index in [9.17, 15) is 19.5 Å². The van der Waals surface area contributed by atoms with E-state index in [1.165, 1.54) is 21.6 Å². The minimum Gasteiger partial charge on any atom is -0.544 e. The van der Waals surface area contributed by atoms with Gasteiger partial charge in [0.25, 0.3) is 0 Å². The largest absolute Gasteiger partial charge is 0.544 e. The molecule has 0 rings (SSSR count). The van der Waals surface area contributed by atoms with Crippen LogP contribution in [0.3, 0.4) is 0 Å². The summed E-state index contributed by atoms with van der Waals surface area (Å²) >= 11 is 0. The lowest BCUT2D eigenvalue weighted by molar-refractivity contribution is -0.864. The quantitative estimate of drug-likeness (QED) is 0.199.